The Balaban J connectivity index is 3.09. The maximum absolute atomic E-state index is 12.1. The Kier molecular flexibility index (Phi) is 4.38. The van der Waals surface area contributed by atoms with Crippen molar-refractivity contribution in [1.29, 1.82) is 0 Å². The number of alkyl halides is 3. The molecule has 18 heavy (non-hydrogen) atoms. The zero-order valence-corrected chi connectivity index (χ0v) is 9.53. The van der Waals surface area contributed by atoms with E-state index in [0.717, 1.165) is 12.3 Å². The fourth-order valence-electron chi connectivity index (χ4n) is 1.01. The van der Waals surface area contributed by atoms with Gasteiger partial charge in [-0.15, -0.1) is 18.3 Å². The zero-order chi connectivity index (χ0) is 13.8. The molecular formula is C9H8ClF3N4O. The first-order chi connectivity index (χ1) is 8.29. The van der Waals surface area contributed by atoms with Gasteiger partial charge in [-0.2, -0.15) is 5.10 Å². The highest BCUT2D eigenvalue weighted by Crippen LogP contribution is 2.29. The van der Waals surface area contributed by atoms with Crippen molar-refractivity contribution < 1.29 is 17.9 Å². The van der Waals surface area contributed by atoms with E-state index in [9.17, 15) is 13.2 Å². The molecule has 0 aliphatic rings. The van der Waals surface area contributed by atoms with E-state index in [-0.39, 0.29) is 16.5 Å². The minimum atomic E-state index is -4.83. The molecule has 0 radical (unpaired) electrons. The highest BCUT2D eigenvalue weighted by atomic mass is 35.5. The molecular weight excluding hydrogens is 273 g/mol. The molecule has 0 aliphatic heterocycles. The Bertz CT molecular complexity index is 483. The van der Waals surface area contributed by atoms with Gasteiger partial charge in [-0.1, -0.05) is 17.7 Å². The van der Waals surface area contributed by atoms with Gasteiger partial charge >= 0.3 is 6.36 Å². The van der Waals surface area contributed by atoms with Crippen LogP contribution in [0.5, 0.6) is 5.75 Å². The zero-order valence-electron chi connectivity index (χ0n) is 8.78. The van der Waals surface area contributed by atoms with Crippen molar-refractivity contribution >= 4 is 23.8 Å². The van der Waals surface area contributed by atoms with Gasteiger partial charge in [-0.25, -0.2) is 0 Å². The first-order valence-electron chi connectivity index (χ1n) is 4.46. The molecule has 9 heteroatoms. The average molecular weight is 281 g/mol. The summed E-state index contributed by atoms with van der Waals surface area (Å²) in [5.41, 5.74) is 9.93. The van der Waals surface area contributed by atoms with Crippen molar-refractivity contribution in [1.82, 2.24) is 0 Å². The van der Waals surface area contributed by atoms with Crippen LogP contribution in [0.1, 0.15) is 5.56 Å². The number of ether oxygens (including phenoxy) is 1. The van der Waals surface area contributed by atoms with Crippen molar-refractivity contribution in [2.75, 3.05) is 0 Å². The molecule has 0 aromatic heterocycles. The molecule has 1 aromatic rings. The van der Waals surface area contributed by atoms with Crippen LogP contribution in [0.2, 0.25) is 5.02 Å². The lowest BCUT2D eigenvalue weighted by Crippen LogP contribution is -2.21. The number of nitrogens with two attached hydrogens (primary N) is 2. The van der Waals surface area contributed by atoms with Crippen LogP contribution >= 0.6 is 11.6 Å². The molecule has 0 aliphatic carbocycles. The highest BCUT2D eigenvalue weighted by Gasteiger charge is 2.32. The standard InChI is InChI=1S/C9H8ClF3N4O/c10-6-2-1-3-7(18-9(11,12)13)5(6)4-16-17-8(14)15/h1-4H,(H4,14,15,17). The molecule has 0 fully saturated rings. The molecule has 4 N–H and O–H groups in total. The van der Waals surface area contributed by atoms with Gasteiger partial charge < -0.3 is 16.2 Å². The molecule has 0 unspecified atom stereocenters. The second kappa shape index (κ2) is 5.58. The van der Waals surface area contributed by atoms with Crippen molar-refractivity contribution in [2.24, 2.45) is 21.7 Å². The van der Waals surface area contributed by atoms with Crippen LogP contribution in [0.15, 0.2) is 28.4 Å². The number of hydrogen-bond donors (Lipinski definition) is 2. The van der Waals surface area contributed by atoms with Gasteiger partial charge in [0.15, 0.2) is 0 Å². The van der Waals surface area contributed by atoms with Crippen LogP contribution in [-0.2, 0) is 0 Å². The lowest BCUT2D eigenvalue weighted by molar-refractivity contribution is -0.274. The van der Waals surface area contributed by atoms with Crippen molar-refractivity contribution in [3.8, 4) is 5.75 Å². The Morgan fingerprint density at radius 1 is 1.33 bits per heavy atom. The van der Waals surface area contributed by atoms with Crippen molar-refractivity contribution in [3.05, 3.63) is 28.8 Å². The van der Waals surface area contributed by atoms with Gasteiger partial charge in [0.1, 0.15) is 5.75 Å². The van der Waals surface area contributed by atoms with E-state index in [1.54, 1.807) is 0 Å². The summed E-state index contributed by atoms with van der Waals surface area (Å²) in [6.07, 6.45) is -3.87. The number of hydrogen-bond acceptors (Lipinski definition) is 3. The average Bonchev–Trinajstić information content (AvgIpc) is 2.19. The predicted octanol–water partition coefficient (Wildman–Crippen LogP) is 1.85. The van der Waals surface area contributed by atoms with Gasteiger partial charge in [0.05, 0.1) is 16.8 Å². The van der Waals surface area contributed by atoms with Crippen LogP contribution < -0.4 is 16.2 Å². The summed E-state index contributed by atoms with van der Waals surface area (Å²) in [7, 11) is 0. The highest BCUT2D eigenvalue weighted by molar-refractivity contribution is 6.33. The molecule has 0 spiro atoms. The van der Waals surface area contributed by atoms with Gasteiger partial charge in [0.2, 0.25) is 5.96 Å². The number of benzene rings is 1. The van der Waals surface area contributed by atoms with E-state index in [2.05, 4.69) is 14.9 Å². The molecule has 0 bridgehead atoms. The largest absolute Gasteiger partial charge is 0.573 e. The number of nitrogens with zero attached hydrogens (tertiary/aromatic N) is 2. The lowest BCUT2D eigenvalue weighted by atomic mass is 10.2. The van der Waals surface area contributed by atoms with E-state index in [1.165, 1.54) is 12.1 Å². The normalized spacial score (nSPS) is 11.6. The molecule has 98 valence electrons. The van der Waals surface area contributed by atoms with Crippen LogP contribution in [0, 0.1) is 0 Å². The maximum Gasteiger partial charge on any atom is 0.573 e. The molecule has 1 aromatic carbocycles. The van der Waals surface area contributed by atoms with E-state index in [0.29, 0.717) is 0 Å². The van der Waals surface area contributed by atoms with Crippen LogP contribution in [0.3, 0.4) is 0 Å². The minimum absolute atomic E-state index is 0.0197. The fourth-order valence-corrected chi connectivity index (χ4v) is 1.22. The second-order valence-corrected chi connectivity index (χ2v) is 3.38. The monoisotopic (exact) mass is 280 g/mol. The van der Waals surface area contributed by atoms with Gasteiger partial charge in [-0.05, 0) is 12.1 Å². The predicted molar refractivity (Wildman–Crippen MR) is 61.5 cm³/mol. The van der Waals surface area contributed by atoms with Gasteiger partial charge in [0, 0.05) is 0 Å². The van der Waals surface area contributed by atoms with Crippen LogP contribution in [0.4, 0.5) is 13.2 Å². The molecule has 0 heterocycles. The summed E-state index contributed by atoms with van der Waals surface area (Å²) >= 11 is 5.72. The topological polar surface area (TPSA) is 86.0 Å². The number of halogens is 4. The van der Waals surface area contributed by atoms with Gasteiger partial charge in [0.25, 0.3) is 0 Å². The van der Waals surface area contributed by atoms with E-state index >= 15 is 0 Å². The third kappa shape index (κ3) is 4.50. The molecule has 1 rings (SSSR count). The fraction of sp³-hybridized carbons (Fsp3) is 0.111. The van der Waals surface area contributed by atoms with Crippen LogP contribution in [0.25, 0.3) is 0 Å². The SMILES string of the molecule is NC(N)=NN=Cc1c(Cl)cccc1OC(F)(F)F. The summed E-state index contributed by atoms with van der Waals surface area (Å²) in [4.78, 5) is 0. The summed E-state index contributed by atoms with van der Waals surface area (Å²) in [5, 5.41) is 6.64. The van der Waals surface area contributed by atoms with E-state index in [4.69, 9.17) is 23.1 Å². The van der Waals surface area contributed by atoms with Crippen molar-refractivity contribution in [2.45, 2.75) is 6.36 Å². The number of rotatable bonds is 3. The summed E-state index contributed by atoms with van der Waals surface area (Å²) in [6.45, 7) is 0. The Hall–Kier alpha value is -1.96. The van der Waals surface area contributed by atoms with E-state index < -0.39 is 12.1 Å². The minimum Gasteiger partial charge on any atom is -0.405 e. The Morgan fingerprint density at radius 3 is 2.56 bits per heavy atom. The van der Waals surface area contributed by atoms with Crippen LogP contribution in [-0.4, -0.2) is 18.5 Å². The van der Waals surface area contributed by atoms with E-state index in [1.807, 2.05) is 0 Å². The second-order valence-electron chi connectivity index (χ2n) is 2.97. The molecule has 0 saturated carbocycles. The molecule has 0 amide bonds. The third-order valence-electron chi connectivity index (χ3n) is 1.60. The van der Waals surface area contributed by atoms with Gasteiger partial charge in [-0.3, -0.25) is 0 Å². The Morgan fingerprint density at radius 2 is 2.00 bits per heavy atom. The maximum atomic E-state index is 12.1. The third-order valence-corrected chi connectivity index (χ3v) is 1.93. The Labute approximate surface area is 105 Å². The molecule has 0 saturated heterocycles. The molecule has 5 nitrogen and oxygen atoms in total. The lowest BCUT2D eigenvalue weighted by Gasteiger charge is -2.11. The summed E-state index contributed by atoms with van der Waals surface area (Å²) < 4.78 is 40.2. The number of guanidine groups is 1. The first kappa shape index (κ1) is 14.1. The summed E-state index contributed by atoms with van der Waals surface area (Å²) in [5.74, 6) is -0.832. The smallest absolute Gasteiger partial charge is 0.405 e. The quantitative estimate of drug-likeness (QED) is 0.503. The van der Waals surface area contributed by atoms with Crippen molar-refractivity contribution in [3.63, 3.8) is 0 Å². The first-order valence-corrected chi connectivity index (χ1v) is 4.83. The summed E-state index contributed by atoms with van der Waals surface area (Å²) in [6, 6.07) is 3.78. The molecule has 0 atom stereocenters.